The quantitative estimate of drug-likeness (QED) is 0.787. The van der Waals surface area contributed by atoms with Gasteiger partial charge in [-0.25, -0.2) is 8.42 Å². The number of aryl methyl sites for hydroxylation is 1. The molecule has 0 radical (unpaired) electrons. The molecule has 1 aromatic rings. The number of sulfonamides is 1. The summed E-state index contributed by atoms with van der Waals surface area (Å²) in [6.07, 6.45) is 5.50. The molecule has 1 saturated heterocycles. The van der Waals surface area contributed by atoms with Crippen LogP contribution >= 0.6 is 0 Å². The average Bonchev–Trinajstić information content (AvgIpc) is 2.95. The predicted molar refractivity (Wildman–Crippen MR) is 79.3 cm³/mol. The fraction of sp³-hybridized carbons (Fsp3) is 0.769. The van der Waals surface area contributed by atoms with Crippen LogP contribution in [0.25, 0.3) is 0 Å². The van der Waals surface area contributed by atoms with E-state index < -0.39 is 10.0 Å². The molecule has 0 spiro atoms. The molecule has 0 aromatic carbocycles. The van der Waals surface area contributed by atoms with Gasteiger partial charge in [0.2, 0.25) is 10.0 Å². The molecule has 1 aliphatic rings. The van der Waals surface area contributed by atoms with E-state index in [2.05, 4.69) is 5.10 Å². The highest BCUT2D eigenvalue weighted by Gasteiger charge is 2.31. The lowest BCUT2D eigenvalue weighted by atomic mass is 10.1. The zero-order chi connectivity index (χ0) is 15.3. The predicted octanol–water partition coefficient (Wildman–Crippen LogP) is 0.422. The number of aromatic nitrogens is 2. The number of rotatable bonds is 7. The Kier molecular flexibility index (Phi) is 5.74. The molecule has 1 aromatic heterocycles. The molecule has 2 rings (SSSR count). The van der Waals surface area contributed by atoms with Crippen molar-refractivity contribution in [2.45, 2.75) is 43.7 Å². The van der Waals surface area contributed by atoms with Gasteiger partial charge in [0.15, 0.2) is 0 Å². The summed E-state index contributed by atoms with van der Waals surface area (Å²) in [5.41, 5.74) is 5.45. The molecule has 1 unspecified atom stereocenters. The van der Waals surface area contributed by atoms with Gasteiger partial charge < -0.3 is 10.5 Å². The van der Waals surface area contributed by atoms with Crippen molar-refractivity contribution in [3.05, 3.63) is 12.4 Å². The third-order valence-electron chi connectivity index (χ3n) is 3.58. The van der Waals surface area contributed by atoms with Crippen LogP contribution in [0.1, 0.15) is 26.2 Å². The third kappa shape index (κ3) is 4.03. The van der Waals surface area contributed by atoms with Crippen molar-refractivity contribution < 1.29 is 13.2 Å². The molecular weight excluding hydrogens is 292 g/mol. The Hall–Kier alpha value is -0.960. The van der Waals surface area contributed by atoms with Crippen molar-refractivity contribution in [1.29, 1.82) is 0 Å². The molecule has 2 N–H and O–H groups in total. The summed E-state index contributed by atoms with van der Waals surface area (Å²) in [4.78, 5) is 0.247. The van der Waals surface area contributed by atoms with E-state index in [0.29, 0.717) is 32.8 Å². The monoisotopic (exact) mass is 316 g/mol. The van der Waals surface area contributed by atoms with E-state index in [1.807, 2.05) is 6.92 Å². The van der Waals surface area contributed by atoms with E-state index in [0.717, 1.165) is 19.3 Å². The minimum Gasteiger partial charge on any atom is -0.377 e. The molecule has 21 heavy (non-hydrogen) atoms. The Labute approximate surface area is 126 Å². The molecule has 2 heterocycles. The zero-order valence-electron chi connectivity index (χ0n) is 12.4. The lowest BCUT2D eigenvalue weighted by Gasteiger charge is -2.31. The number of nitrogens with two attached hydrogens (primary N) is 1. The molecule has 1 atom stereocenters. The number of ether oxygens (including phenoxy) is 1. The standard InChI is InChI=1S/C13H24N4O3S/c1-2-20-12-5-3-8-17(10-12)21(18,19)13-9-15-16(11-13)7-4-6-14/h9,11-12H,2-8,10,14H2,1H3. The molecule has 8 heteroatoms. The van der Waals surface area contributed by atoms with Gasteiger partial charge in [0.05, 0.1) is 12.3 Å². The van der Waals surface area contributed by atoms with Gasteiger partial charge in [-0.05, 0) is 32.7 Å². The maximum Gasteiger partial charge on any atom is 0.246 e. The molecular formula is C13H24N4O3S. The second-order valence-electron chi connectivity index (χ2n) is 5.16. The van der Waals surface area contributed by atoms with Crippen molar-refractivity contribution in [1.82, 2.24) is 14.1 Å². The molecule has 120 valence electrons. The molecule has 0 saturated carbocycles. The average molecular weight is 316 g/mol. The molecule has 1 fully saturated rings. The van der Waals surface area contributed by atoms with Crippen LogP contribution in [0.4, 0.5) is 0 Å². The summed E-state index contributed by atoms with van der Waals surface area (Å²) in [6.45, 7) is 4.69. The van der Waals surface area contributed by atoms with E-state index in [1.54, 1.807) is 10.9 Å². The van der Waals surface area contributed by atoms with Gasteiger partial charge in [-0.15, -0.1) is 0 Å². The Balaban J connectivity index is 2.08. The first-order chi connectivity index (χ1) is 10.1. The van der Waals surface area contributed by atoms with E-state index in [-0.39, 0.29) is 11.0 Å². The van der Waals surface area contributed by atoms with E-state index in [9.17, 15) is 8.42 Å². The Morgan fingerprint density at radius 2 is 2.33 bits per heavy atom. The fourth-order valence-electron chi connectivity index (χ4n) is 2.50. The lowest BCUT2D eigenvalue weighted by molar-refractivity contribution is 0.0265. The lowest BCUT2D eigenvalue weighted by Crippen LogP contribution is -2.43. The van der Waals surface area contributed by atoms with Crippen LogP contribution in [-0.4, -0.2) is 54.8 Å². The van der Waals surface area contributed by atoms with Crippen LogP contribution in [0.15, 0.2) is 17.3 Å². The summed E-state index contributed by atoms with van der Waals surface area (Å²) in [5.74, 6) is 0. The second kappa shape index (κ2) is 7.35. The van der Waals surface area contributed by atoms with Gasteiger partial charge in [-0.2, -0.15) is 9.40 Å². The van der Waals surface area contributed by atoms with Gasteiger partial charge in [0.25, 0.3) is 0 Å². The van der Waals surface area contributed by atoms with Crippen molar-refractivity contribution in [2.24, 2.45) is 5.73 Å². The van der Waals surface area contributed by atoms with Gasteiger partial charge >= 0.3 is 0 Å². The van der Waals surface area contributed by atoms with Gasteiger partial charge in [-0.3, -0.25) is 4.68 Å². The summed E-state index contributed by atoms with van der Waals surface area (Å²) in [6, 6.07) is 0. The summed E-state index contributed by atoms with van der Waals surface area (Å²) in [7, 11) is -3.48. The third-order valence-corrected chi connectivity index (χ3v) is 5.40. The van der Waals surface area contributed by atoms with Gasteiger partial charge in [0.1, 0.15) is 4.90 Å². The Morgan fingerprint density at radius 1 is 1.52 bits per heavy atom. The summed E-state index contributed by atoms with van der Waals surface area (Å²) in [5, 5.41) is 4.09. The van der Waals surface area contributed by atoms with E-state index >= 15 is 0 Å². The maximum absolute atomic E-state index is 12.6. The topological polar surface area (TPSA) is 90.5 Å². The maximum atomic E-state index is 12.6. The van der Waals surface area contributed by atoms with Crippen molar-refractivity contribution in [2.75, 3.05) is 26.2 Å². The van der Waals surface area contributed by atoms with Gasteiger partial charge in [-0.1, -0.05) is 0 Å². The van der Waals surface area contributed by atoms with Crippen LogP contribution in [0, 0.1) is 0 Å². The number of hydrogen-bond donors (Lipinski definition) is 1. The van der Waals surface area contributed by atoms with Crippen molar-refractivity contribution in [3.8, 4) is 0 Å². The Bertz CT molecular complexity index is 541. The smallest absolute Gasteiger partial charge is 0.246 e. The minimum atomic E-state index is -3.48. The molecule has 7 nitrogen and oxygen atoms in total. The summed E-state index contributed by atoms with van der Waals surface area (Å²) < 4.78 is 33.9. The number of piperidine rings is 1. The highest BCUT2D eigenvalue weighted by molar-refractivity contribution is 7.89. The van der Waals surface area contributed by atoms with E-state index in [1.165, 1.54) is 10.5 Å². The Morgan fingerprint density at radius 3 is 3.05 bits per heavy atom. The van der Waals surface area contributed by atoms with Gasteiger partial charge in [0, 0.05) is 32.4 Å². The van der Waals surface area contributed by atoms with Crippen LogP contribution in [0.2, 0.25) is 0 Å². The van der Waals surface area contributed by atoms with Crippen LogP contribution in [0.3, 0.4) is 0 Å². The highest BCUT2D eigenvalue weighted by atomic mass is 32.2. The van der Waals surface area contributed by atoms with E-state index in [4.69, 9.17) is 10.5 Å². The molecule has 0 bridgehead atoms. The SMILES string of the molecule is CCOC1CCCN(S(=O)(=O)c2cnn(CCCN)c2)C1. The molecule has 0 aliphatic carbocycles. The summed E-state index contributed by atoms with van der Waals surface area (Å²) >= 11 is 0. The van der Waals surface area contributed by atoms with Crippen LogP contribution in [-0.2, 0) is 21.3 Å². The highest BCUT2D eigenvalue weighted by Crippen LogP contribution is 2.21. The van der Waals surface area contributed by atoms with Crippen molar-refractivity contribution in [3.63, 3.8) is 0 Å². The molecule has 1 aliphatic heterocycles. The second-order valence-corrected chi connectivity index (χ2v) is 7.10. The number of nitrogens with zero attached hydrogens (tertiary/aromatic N) is 3. The molecule has 0 amide bonds. The zero-order valence-corrected chi connectivity index (χ0v) is 13.3. The first-order valence-corrected chi connectivity index (χ1v) is 8.86. The first-order valence-electron chi connectivity index (χ1n) is 7.42. The normalized spacial score (nSPS) is 20.8. The largest absolute Gasteiger partial charge is 0.377 e. The van der Waals surface area contributed by atoms with Crippen molar-refractivity contribution >= 4 is 10.0 Å². The van der Waals surface area contributed by atoms with Crippen LogP contribution in [0.5, 0.6) is 0 Å². The minimum absolute atomic E-state index is 0.00851. The first kappa shape index (κ1) is 16.4. The number of hydrogen-bond acceptors (Lipinski definition) is 5. The van der Waals surface area contributed by atoms with Crippen LogP contribution < -0.4 is 5.73 Å². The fourth-order valence-corrected chi connectivity index (χ4v) is 3.96.